The molecule has 2 heterocycles. The van der Waals surface area contributed by atoms with Gasteiger partial charge in [0.15, 0.2) is 0 Å². The van der Waals surface area contributed by atoms with E-state index < -0.39 is 0 Å². The van der Waals surface area contributed by atoms with Gasteiger partial charge in [0.2, 0.25) is 5.95 Å². The molecule has 0 saturated carbocycles. The Labute approximate surface area is 204 Å². The van der Waals surface area contributed by atoms with E-state index in [1.807, 2.05) is 77.5 Å². The number of aryl methyl sites for hydroxylation is 1. The van der Waals surface area contributed by atoms with E-state index in [1.165, 1.54) is 25.9 Å². The molecular formula is C27H38N6O. The van der Waals surface area contributed by atoms with Crippen LogP contribution in [-0.2, 0) is 0 Å². The van der Waals surface area contributed by atoms with Gasteiger partial charge in [-0.3, -0.25) is 4.90 Å². The van der Waals surface area contributed by atoms with Crippen LogP contribution in [0.4, 0.5) is 28.8 Å². The molecule has 0 amide bonds. The Morgan fingerprint density at radius 2 is 1.71 bits per heavy atom. The van der Waals surface area contributed by atoms with Crippen LogP contribution >= 0.6 is 0 Å². The highest BCUT2D eigenvalue weighted by atomic mass is 16.5. The molecule has 1 aromatic heterocycles. The van der Waals surface area contributed by atoms with E-state index in [0.717, 1.165) is 47.3 Å². The van der Waals surface area contributed by atoms with Crippen molar-refractivity contribution in [1.29, 1.82) is 0 Å². The van der Waals surface area contributed by atoms with Crippen molar-refractivity contribution in [3.05, 3.63) is 60.3 Å². The van der Waals surface area contributed by atoms with Crippen molar-refractivity contribution in [1.82, 2.24) is 14.9 Å². The molecule has 7 nitrogen and oxygen atoms in total. The van der Waals surface area contributed by atoms with E-state index in [1.54, 1.807) is 0 Å². The zero-order chi connectivity index (χ0) is 24.3. The van der Waals surface area contributed by atoms with Crippen molar-refractivity contribution in [2.75, 3.05) is 55.9 Å². The summed E-state index contributed by atoms with van der Waals surface area (Å²) in [5.74, 6) is 2.20. The van der Waals surface area contributed by atoms with Gasteiger partial charge in [-0.05, 0) is 75.3 Å². The lowest BCUT2D eigenvalue weighted by Crippen LogP contribution is -2.25. The van der Waals surface area contributed by atoms with Gasteiger partial charge in [-0.25, -0.2) is 4.98 Å². The third-order valence-electron chi connectivity index (χ3n) is 5.58. The molecule has 0 bridgehead atoms. The van der Waals surface area contributed by atoms with Gasteiger partial charge in [-0.1, -0.05) is 19.9 Å². The lowest BCUT2D eigenvalue weighted by atomic mass is 10.2. The van der Waals surface area contributed by atoms with Gasteiger partial charge in [0.05, 0.1) is 0 Å². The van der Waals surface area contributed by atoms with Crippen molar-refractivity contribution in [2.45, 2.75) is 33.6 Å². The van der Waals surface area contributed by atoms with Crippen molar-refractivity contribution in [3.63, 3.8) is 0 Å². The van der Waals surface area contributed by atoms with Gasteiger partial charge < -0.3 is 20.3 Å². The Kier molecular flexibility index (Phi) is 9.52. The van der Waals surface area contributed by atoms with Crippen LogP contribution in [0.5, 0.6) is 5.75 Å². The van der Waals surface area contributed by atoms with Crippen LogP contribution in [0.25, 0.3) is 0 Å². The predicted molar refractivity (Wildman–Crippen MR) is 143 cm³/mol. The van der Waals surface area contributed by atoms with E-state index in [2.05, 4.69) is 42.5 Å². The number of ether oxygens (including phenoxy) is 1. The summed E-state index contributed by atoms with van der Waals surface area (Å²) in [6.45, 7) is 10.1. The Bertz CT molecular complexity index is 1020. The molecule has 2 aromatic carbocycles. The molecule has 0 aliphatic carbocycles. The maximum absolute atomic E-state index is 5.89. The number of nitrogens with zero attached hydrogens (tertiary/aromatic N) is 4. The van der Waals surface area contributed by atoms with E-state index >= 15 is 0 Å². The second kappa shape index (κ2) is 12.8. The quantitative estimate of drug-likeness (QED) is 0.414. The van der Waals surface area contributed by atoms with E-state index in [4.69, 9.17) is 4.74 Å². The first kappa shape index (κ1) is 25.3. The van der Waals surface area contributed by atoms with Gasteiger partial charge in [-0.2, -0.15) is 4.98 Å². The van der Waals surface area contributed by atoms with Crippen LogP contribution in [0.1, 0.15) is 32.3 Å². The highest BCUT2D eigenvalue weighted by Gasteiger charge is 2.11. The average Bonchev–Trinajstić information content (AvgIpc) is 3.37. The van der Waals surface area contributed by atoms with Crippen LogP contribution in [0.3, 0.4) is 0 Å². The minimum Gasteiger partial charge on any atom is -0.492 e. The second-order valence-electron chi connectivity index (χ2n) is 8.34. The van der Waals surface area contributed by atoms with Gasteiger partial charge in [0.1, 0.15) is 18.2 Å². The molecule has 1 saturated heterocycles. The van der Waals surface area contributed by atoms with Gasteiger partial charge >= 0.3 is 0 Å². The number of anilines is 5. The normalized spacial score (nSPS) is 13.1. The van der Waals surface area contributed by atoms with Gasteiger partial charge in [-0.15, -0.1) is 0 Å². The molecule has 1 aliphatic rings. The zero-order valence-electron chi connectivity index (χ0n) is 21.1. The number of rotatable bonds is 9. The van der Waals surface area contributed by atoms with E-state index in [-0.39, 0.29) is 0 Å². The summed E-state index contributed by atoms with van der Waals surface area (Å²) in [6, 6.07) is 16.2. The number of aromatic nitrogens is 2. The van der Waals surface area contributed by atoms with Crippen LogP contribution in [0.15, 0.2) is 54.7 Å². The maximum Gasteiger partial charge on any atom is 0.229 e. The molecule has 2 N–H and O–H groups in total. The minimum absolute atomic E-state index is 0.546. The Hall–Kier alpha value is -3.32. The summed E-state index contributed by atoms with van der Waals surface area (Å²) in [6.07, 6.45) is 4.44. The molecule has 4 rings (SSSR count). The molecule has 0 spiro atoms. The highest BCUT2D eigenvalue weighted by molar-refractivity contribution is 5.66. The maximum atomic E-state index is 5.89. The largest absolute Gasteiger partial charge is 0.492 e. The first-order valence-corrected chi connectivity index (χ1v) is 12.2. The smallest absolute Gasteiger partial charge is 0.229 e. The first-order valence-electron chi connectivity index (χ1n) is 12.2. The topological polar surface area (TPSA) is 65.6 Å². The molecule has 182 valence electrons. The molecule has 1 fully saturated rings. The SMILES string of the molecule is CC.Cc1cnc(Nc2ccc(OCCN3CCCC3)cc2)nc1Nc1cccc(N(C)C)c1. The summed E-state index contributed by atoms with van der Waals surface area (Å²) < 4.78 is 5.89. The van der Waals surface area contributed by atoms with Crippen molar-refractivity contribution in [3.8, 4) is 5.75 Å². The molecular weight excluding hydrogens is 424 g/mol. The average molecular weight is 463 g/mol. The fourth-order valence-corrected chi connectivity index (χ4v) is 3.69. The van der Waals surface area contributed by atoms with Gasteiger partial charge in [0.25, 0.3) is 0 Å². The number of hydrogen-bond donors (Lipinski definition) is 2. The molecule has 7 heteroatoms. The fourth-order valence-electron chi connectivity index (χ4n) is 3.69. The Morgan fingerprint density at radius 3 is 2.41 bits per heavy atom. The Morgan fingerprint density at radius 1 is 0.971 bits per heavy atom. The van der Waals surface area contributed by atoms with Crippen LogP contribution in [-0.4, -0.2) is 55.2 Å². The summed E-state index contributed by atoms with van der Waals surface area (Å²) in [5, 5.41) is 6.69. The highest BCUT2D eigenvalue weighted by Crippen LogP contribution is 2.24. The number of benzene rings is 2. The Balaban J connectivity index is 0.00000158. The van der Waals surface area contributed by atoms with Crippen molar-refractivity contribution < 1.29 is 4.74 Å². The molecule has 34 heavy (non-hydrogen) atoms. The molecule has 0 atom stereocenters. The molecule has 1 aliphatic heterocycles. The third kappa shape index (κ3) is 7.35. The van der Waals surface area contributed by atoms with E-state index in [9.17, 15) is 0 Å². The second-order valence-corrected chi connectivity index (χ2v) is 8.34. The molecule has 0 unspecified atom stereocenters. The number of hydrogen-bond acceptors (Lipinski definition) is 7. The summed E-state index contributed by atoms with van der Waals surface area (Å²) in [5.41, 5.74) is 4.01. The van der Waals surface area contributed by atoms with Crippen LogP contribution in [0, 0.1) is 6.92 Å². The van der Waals surface area contributed by atoms with Crippen LogP contribution in [0.2, 0.25) is 0 Å². The van der Waals surface area contributed by atoms with Crippen molar-refractivity contribution >= 4 is 28.8 Å². The predicted octanol–water partition coefficient (Wildman–Crippen LogP) is 5.84. The molecule has 3 aromatic rings. The number of likely N-dealkylation sites (tertiary alicyclic amines) is 1. The number of nitrogens with one attached hydrogen (secondary N) is 2. The van der Waals surface area contributed by atoms with Crippen molar-refractivity contribution in [2.24, 2.45) is 0 Å². The standard InChI is InChI=1S/C25H32N6O.C2H6/c1-19-18-26-25(29-24(19)27-21-7-6-8-22(17-21)30(2)3)28-20-9-11-23(12-10-20)32-16-15-31-13-4-5-14-31;1-2/h6-12,17-18H,4-5,13-16H2,1-3H3,(H2,26,27,28,29);1-2H3. The minimum atomic E-state index is 0.546. The van der Waals surface area contributed by atoms with Crippen LogP contribution < -0.4 is 20.3 Å². The zero-order valence-corrected chi connectivity index (χ0v) is 21.1. The monoisotopic (exact) mass is 462 g/mol. The third-order valence-corrected chi connectivity index (χ3v) is 5.58. The summed E-state index contributed by atoms with van der Waals surface area (Å²) in [7, 11) is 4.06. The lowest BCUT2D eigenvalue weighted by Gasteiger charge is -2.16. The first-order chi connectivity index (χ1) is 16.6. The lowest BCUT2D eigenvalue weighted by molar-refractivity contribution is 0.238. The fraction of sp³-hybridized carbons (Fsp3) is 0.407. The molecule has 0 radical (unpaired) electrons. The van der Waals surface area contributed by atoms with Gasteiger partial charge in [0, 0.05) is 49.5 Å². The summed E-state index contributed by atoms with van der Waals surface area (Å²) >= 11 is 0. The van der Waals surface area contributed by atoms with E-state index in [0.29, 0.717) is 5.95 Å². The summed E-state index contributed by atoms with van der Waals surface area (Å²) in [4.78, 5) is 13.6.